The number of hydrogen-bond acceptors (Lipinski definition) is 6. The van der Waals surface area contributed by atoms with E-state index in [0.29, 0.717) is 9.80 Å². The van der Waals surface area contributed by atoms with Crippen LogP contribution in [0.3, 0.4) is 0 Å². The Hall–Kier alpha value is -2.32. The number of hydrogen-bond donors (Lipinski definition) is 2. The van der Waals surface area contributed by atoms with E-state index in [0.717, 1.165) is 24.3 Å². The van der Waals surface area contributed by atoms with Crippen LogP contribution in [-0.2, 0) is 19.2 Å². The quantitative estimate of drug-likeness (QED) is 0.570. The van der Waals surface area contributed by atoms with E-state index >= 15 is 0 Å². The molecule has 2 aliphatic rings. The zero-order valence-electron chi connectivity index (χ0n) is 10.5. The molecule has 0 aromatic carbocycles. The molecule has 2 atom stereocenters. The van der Waals surface area contributed by atoms with Crippen molar-refractivity contribution in [3.05, 3.63) is 24.3 Å². The second-order valence-corrected chi connectivity index (χ2v) is 4.40. The number of nitrogens with zero attached hydrogens (tertiary/aromatic N) is 2. The minimum absolute atomic E-state index is 0.570. The van der Waals surface area contributed by atoms with Crippen LogP contribution in [0.25, 0.3) is 0 Å². The zero-order chi connectivity index (χ0) is 15.0. The van der Waals surface area contributed by atoms with Gasteiger partial charge in [-0.2, -0.15) is 0 Å². The summed E-state index contributed by atoms with van der Waals surface area (Å²) in [7, 11) is 0. The molecule has 2 N–H and O–H groups in total. The van der Waals surface area contributed by atoms with Crippen LogP contribution in [0.5, 0.6) is 0 Å². The van der Waals surface area contributed by atoms with Crippen LogP contribution < -0.4 is 0 Å². The first-order valence-corrected chi connectivity index (χ1v) is 5.81. The van der Waals surface area contributed by atoms with E-state index < -0.39 is 42.0 Å². The normalized spacial score (nSPS) is 21.6. The third-order valence-electron chi connectivity index (χ3n) is 3.02. The summed E-state index contributed by atoms with van der Waals surface area (Å²) in [6, 6.07) is 0. The van der Waals surface area contributed by atoms with E-state index in [4.69, 9.17) is 0 Å². The third kappa shape index (κ3) is 2.15. The predicted octanol–water partition coefficient (Wildman–Crippen LogP) is -2.10. The fourth-order valence-electron chi connectivity index (χ4n) is 2.02. The van der Waals surface area contributed by atoms with E-state index in [1.165, 1.54) is 6.92 Å². The smallest absolute Gasteiger partial charge is 0.255 e. The van der Waals surface area contributed by atoms with Gasteiger partial charge in [0.25, 0.3) is 23.6 Å². The molecule has 0 aromatic heterocycles. The first-order chi connectivity index (χ1) is 9.34. The van der Waals surface area contributed by atoms with Crippen LogP contribution in [0.15, 0.2) is 24.3 Å². The van der Waals surface area contributed by atoms with Crippen molar-refractivity contribution in [2.45, 2.75) is 25.3 Å². The fourth-order valence-corrected chi connectivity index (χ4v) is 2.02. The highest BCUT2D eigenvalue weighted by Gasteiger charge is 2.45. The van der Waals surface area contributed by atoms with E-state index in [1.54, 1.807) is 0 Å². The minimum atomic E-state index is -1.67. The van der Waals surface area contributed by atoms with Crippen molar-refractivity contribution in [2.75, 3.05) is 0 Å². The molecule has 0 saturated heterocycles. The Morgan fingerprint density at radius 2 is 1.10 bits per heavy atom. The molecule has 8 heteroatoms. The van der Waals surface area contributed by atoms with Gasteiger partial charge in [0.15, 0.2) is 6.17 Å². The lowest BCUT2D eigenvalue weighted by Crippen LogP contribution is -2.61. The van der Waals surface area contributed by atoms with E-state index in [1.807, 2.05) is 0 Å². The third-order valence-corrected chi connectivity index (χ3v) is 3.02. The van der Waals surface area contributed by atoms with Gasteiger partial charge in [0, 0.05) is 24.3 Å². The van der Waals surface area contributed by atoms with Crippen LogP contribution in [0.4, 0.5) is 0 Å². The van der Waals surface area contributed by atoms with Gasteiger partial charge < -0.3 is 10.2 Å². The topological polar surface area (TPSA) is 115 Å². The summed E-state index contributed by atoms with van der Waals surface area (Å²) < 4.78 is 0. The molecular formula is C12H12N2O6. The lowest BCUT2D eigenvalue weighted by Gasteiger charge is -2.36. The molecule has 0 fully saturated rings. The maximum absolute atomic E-state index is 11.7. The Kier molecular flexibility index (Phi) is 3.51. The lowest BCUT2D eigenvalue weighted by atomic mass is 10.1. The Morgan fingerprint density at radius 3 is 1.35 bits per heavy atom. The van der Waals surface area contributed by atoms with Crippen molar-refractivity contribution in [3.8, 4) is 0 Å². The van der Waals surface area contributed by atoms with E-state index in [2.05, 4.69) is 0 Å². The summed E-state index contributed by atoms with van der Waals surface area (Å²) in [5.74, 6) is -3.08. The van der Waals surface area contributed by atoms with Crippen LogP contribution in [0, 0.1) is 0 Å². The summed E-state index contributed by atoms with van der Waals surface area (Å²) in [5.41, 5.74) is 0. The minimum Gasteiger partial charge on any atom is -0.391 e. The van der Waals surface area contributed by atoms with Crippen LogP contribution in [-0.4, -0.2) is 62.0 Å². The Balaban J connectivity index is 2.41. The highest BCUT2D eigenvalue weighted by Crippen LogP contribution is 2.21. The molecule has 0 spiro atoms. The second-order valence-electron chi connectivity index (χ2n) is 4.40. The SMILES string of the molecule is CC(O)C(O)C(N1C(=O)C=CC1=O)N1C(=O)C=CC1=O. The molecular weight excluding hydrogens is 268 g/mol. The average molecular weight is 280 g/mol. The zero-order valence-corrected chi connectivity index (χ0v) is 10.5. The molecule has 8 nitrogen and oxygen atoms in total. The monoisotopic (exact) mass is 280 g/mol. The van der Waals surface area contributed by atoms with Gasteiger partial charge in [0.1, 0.15) is 6.10 Å². The van der Waals surface area contributed by atoms with Crippen LogP contribution in [0.1, 0.15) is 6.92 Å². The van der Waals surface area contributed by atoms with E-state index in [9.17, 15) is 29.4 Å². The summed E-state index contributed by atoms with van der Waals surface area (Å²) in [4.78, 5) is 47.9. The number of rotatable bonds is 4. The molecule has 2 unspecified atom stereocenters. The van der Waals surface area contributed by atoms with Crippen molar-refractivity contribution in [1.29, 1.82) is 0 Å². The molecule has 0 bridgehead atoms. The van der Waals surface area contributed by atoms with Gasteiger partial charge in [-0.05, 0) is 6.92 Å². The second kappa shape index (κ2) is 4.99. The van der Waals surface area contributed by atoms with Gasteiger partial charge in [0.2, 0.25) is 0 Å². The number of aliphatic hydroxyl groups excluding tert-OH is 2. The first-order valence-electron chi connectivity index (χ1n) is 5.81. The molecule has 0 saturated carbocycles. The fraction of sp³-hybridized carbons (Fsp3) is 0.333. The number of imide groups is 2. The maximum atomic E-state index is 11.7. The van der Waals surface area contributed by atoms with Crippen molar-refractivity contribution in [3.63, 3.8) is 0 Å². The van der Waals surface area contributed by atoms with Gasteiger partial charge in [0.05, 0.1) is 6.10 Å². The summed E-state index contributed by atoms with van der Waals surface area (Å²) in [5, 5.41) is 19.4. The summed E-state index contributed by atoms with van der Waals surface area (Å²) in [6.45, 7) is 1.22. The van der Waals surface area contributed by atoms with Crippen molar-refractivity contribution < 1.29 is 29.4 Å². The van der Waals surface area contributed by atoms with Gasteiger partial charge >= 0.3 is 0 Å². The van der Waals surface area contributed by atoms with Crippen LogP contribution >= 0.6 is 0 Å². The largest absolute Gasteiger partial charge is 0.391 e. The molecule has 0 aliphatic carbocycles. The maximum Gasteiger partial charge on any atom is 0.255 e. The average Bonchev–Trinajstić information content (AvgIpc) is 2.87. The van der Waals surface area contributed by atoms with E-state index in [-0.39, 0.29) is 0 Å². The van der Waals surface area contributed by atoms with Crippen LogP contribution in [0.2, 0.25) is 0 Å². The molecule has 0 radical (unpaired) electrons. The Labute approximate surface area is 113 Å². The molecule has 0 aromatic rings. The number of aliphatic hydroxyl groups is 2. The summed E-state index contributed by atoms with van der Waals surface area (Å²) in [6.07, 6.45) is -0.770. The molecule has 106 valence electrons. The molecule has 2 rings (SSSR count). The van der Waals surface area contributed by atoms with Gasteiger partial charge in [-0.1, -0.05) is 0 Å². The molecule has 4 amide bonds. The van der Waals surface area contributed by atoms with Gasteiger partial charge in [-0.15, -0.1) is 0 Å². The van der Waals surface area contributed by atoms with Crippen molar-refractivity contribution >= 4 is 23.6 Å². The lowest BCUT2D eigenvalue weighted by molar-refractivity contribution is -0.163. The van der Waals surface area contributed by atoms with Crippen molar-refractivity contribution in [2.24, 2.45) is 0 Å². The van der Waals surface area contributed by atoms with Gasteiger partial charge in [-0.3, -0.25) is 29.0 Å². The Bertz CT molecular complexity index is 472. The number of carbonyl (C=O) groups excluding carboxylic acids is 4. The molecule has 2 heterocycles. The predicted molar refractivity (Wildman–Crippen MR) is 63.5 cm³/mol. The summed E-state index contributed by atoms with van der Waals surface area (Å²) >= 11 is 0. The highest BCUT2D eigenvalue weighted by molar-refractivity contribution is 6.16. The molecule has 2 aliphatic heterocycles. The standard InChI is InChI=1S/C12H12N2O6/c1-6(15)11(20)12(13-7(16)2-3-8(13)17)14-9(18)4-5-10(14)19/h2-6,11-12,15,20H,1H3. The van der Waals surface area contributed by atoms with Gasteiger partial charge in [-0.25, -0.2) is 0 Å². The Morgan fingerprint density at radius 1 is 0.800 bits per heavy atom. The van der Waals surface area contributed by atoms with Crippen molar-refractivity contribution in [1.82, 2.24) is 9.80 Å². The number of carbonyl (C=O) groups is 4. The molecule has 20 heavy (non-hydrogen) atoms. The first kappa shape index (κ1) is 14.1. The number of amides is 4. The highest BCUT2D eigenvalue weighted by atomic mass is 16.3.